The van der Waals surface area contributed by atoms with E-state index in [9.17, 15) is 4.39 Å². The fraction of sp³-hybridized carbons (Fsp3) is 0.538. The predicted octanol–water partition coefficient (Wildman–Crippen LogP) is 3.11. The van der Waals surface area contributed by atoms with E-state index in [1.54, 1.807) is 12.1 Å². The number of hydrogen-bond acceptors (Lipinski definition) is 3. The Kier molecular flexibility index (Phi) is 3.69. The first-order valence-electron chi connectivity index (χ1n) is 6.20. The minimum Gasteiger partial charge on any atom is -0.402 e. The van der Waals surface area contributed by atoms with Crippen molar-refractivity contribution < 1.29 is 13.7 Å². The van der Waals surface area contributed by atoms with Gasteiger partial charge in [0.1, 0.15) is 5.82 Å². The first kappa shape index (κ1) is 14.8. The van der Waals surface area contributed by atoms with Crippen molar-refractivity contribution in [1.29, 1.82) is 0 Å². The Morgan fingerprint density at radius 2 is 1.74 bits per heavy atom. The topological polar surface area (TPSA) is 44.5 Å². The summed E-state index contributed by atoms with van der Waals surface area (Å²) in [6.45, 7) is 7.71. The van der Waals surface area contributed by atoms with E-state index in [2.05, 4.69) is 0 Å². The standard InChI is InChI=1S/C13H18BClFNO2/c1-12(2)13(3,4)19-14(18-12)11(17)9-6-5-8(15)7-10(9)16/h5-7,11H,17H2,1-4H3/t11-/m0/s1. The molecule has 1 saturated heterocycles. The molecule has 6 heteroatoms. The maximum absolute atomic E-state index is 13.9. The first-order chi connectivity index (χ1) is 8.64. The molecule has 0 aliphatic carbocycles. The molecule has 2 N–H and O–H groups in total. The summed E-state index contributed by atoms with van der Waals surface area (Å²) in [5.74, 6) is -1.15. The lowest BCUT2D eigenvalue weighted by Crippen LogP contribution is -2.41. The normalized spacial score (nSPS) is 22.6. The summed E-state index contributed by atoms with van der Waals surface area (Å²) in [4.78, 5) is 0. The molecule has 3 nitrogen and oxygen atoms in total. The van der Waals surface area contributed by atoms with Crippen molar-refractivity contribution in [1.82, 2.24) is 0 Å². The second-order valence-corrected chi connectivity index (χ2v) is 6.25. The van der Waals surface area contributed by atoms with Crippen LogP contribution < -0.4 is 5.73 Å². The van der Waals surface area contributed by atoms with Crippen molar-refractivity contribution >= 4 is 18.7 Å². The Morgan fingerprint density at radius 1 is 1.21 bits per heavy atom. The van der Waals surface area contributed by atoms with Crippen molar-refractivity contribution in [3.05, 3.63) is 34.6 Å². The van der Waals surface area contributed by atoms with Crippen LogP contribution in [0.1, 0.15) is 39.2 Å². The van der Waals surface area contributed by atoms with Crippen LogP contribution in [0.2, 0.25) is 5.02 Å². The molecule has 1 atom stereocenters. The third-order valence-electron chi connectivity index (χ3n) is 3.89. The van der Waals surface area contributed by atoms with E-state index in [1.807, 2.05) is 27.7 Å². The number of hydrogen-bond donors (Lipinski definition) is 1. The zero-order valence-corrected chi connectivity index (χ0v) is 12.3. The summed E-state index contributed by atoms with van der Waals surface area (Å²) in [6, 6.07) is 4.40. The van der Waals surface area contributed by atoms with E-state index < -0.39 is 30.1 Å². The molecule has 0 amide bonds. The van der Waals surface area contributed by atoms with Gasteiger partial charge in [-0.3, -0.25) is 0 Å². The molecule has 104 valence electrons. The van der Waals surface area contributed by atoms with Crippen LogP contribution in [0, 0.1) is 5.82 Å². The summed E-state index contributed by atoms with van der Waals surface area (Å²) in [5.41, 5.74) is 5.42. The summed E-state index contributed by atoms with van der Waals surface area (Å²) in [6.07, 6.45) is 0. The van der Waals surface area contributed by atoms with Crippen LogP contribution >= 0.6 is 11.6 Å². The molecule has 1 heterocycles. The summed E-state index contributed by atoms with van der Waals surface area (Å²) < 4.78 is 25.5. The van der Waals surface area contributed by atoms with Gasteiger partial charge in [0.05, 0.1) is 17.1 Å². The molecule has 0 saturated carbocycles. The molecular formula is C13H18BClFNO2. The molecule has 1 aromatic carbocycles. The van der Waals surface area contributed by atoms with Crippen LogP contribution in [-0.2, 0) is 9.31 Å². The lowest BCUT2D eigenvalue weighted by Gasteiger charge is -2.32. The number of benzene rings is 1. The molecule has 0 aromatic heterocycles. The summed E-state index contributed by atoms with van der Waals surface area (Å²) >= 11 is 5.73. The van der Waals surface area contributed by atoms with E-state index in [1.165, 1.54) is 6.07 Å². The molecule has 2 rings (SSSR count). The monoisotopic (exact) mass is 285 g/mol. The minimum atomic E-state index is -0.696. The maximum atomic E-state index is 13.9. The van der Waals surface area contributed by atoms with Crippen molar-refractivity contribution in [3.8, 4) is 0 Å². The SMILES string of the molecule is CC1(C)OB([C@@H](N)c2ccc(Cl)cc2F)OC1(C)C. The molecule has 0 bridgehead atoms. The van der Waals surface area contributed by atoms with Crippen molar-refractivity contribution in [2.24, 2.45) is 5.73 Å². The molecule has 0 radical (unpaired) electrons. The van der Waals surface area contributed by atoms with Crippen LogP contribution in [0.15, 0.2) is 18.2 Å². The Labute approximate surface area is 118 Å². The Balaban J connectivity index is 2.24. The van der Waals surface area contributed by atoms with E-state index >= 15 is 0 Å². The second-order valence-electron chi connectivity index (χ2n) is 5.82. The van der Waals surface area contributed by atoms with Crippen LogP contribution in [0.4, 0.5) is 4.39 Å². The number of halogens is 2. The largest absolute Gasteiger partial charge is 0.480 e. The Bertz CT molecular complexity index is 480. The molecule has 1 fully saturated rings. The molecule has 1 aliphatic rings. The molecule has 19 heavy (non-hydrogen) atoms. The number of rotatable bonds is 2. The van der Waals surface area contributed by atoms with Crippen LogP contribution in [0.3, 0.4) is 0 Å². The second kappa shape index (κ2) is 4.74. The number of nitrogens with two attached hydrogens (primary N) is 1. The van der Waals surface area contributed by atoms with Crippen molar-refractivity contribution in [2.75, 3.05) is 0 Å². The molecule has 1 aromatic rings. The van der Waals surface area contributed by atoms with E-state index in [0.29, 0.717) is 10.6 Å². The lowest BCUT2D eigenvalue weighted by atomic mass is 9.75. The zero-order chi connectivity index (χ0) is 14.4. The van der Waals surface area contributed by atoms with Crippen LogP contribution in [-0.4, -0.2) is 18.3 Å². The maximum Gasteiger partial charge on any atom is 0.480 e. The highest BCUT2D eigenvalue weighted by molar-refractivity contribution is 6.47. The lowest BCUT2D eigenvalue weighted by molar-refractivity contribution is 0.00578. The third kappa shape index (κ3) is 2.65. The van der Waals surface area contributed by atoms with Gasteiger partial charge < -0.3 is 15.0 Å². The highest BCUT2D eigenvalue weighted by Crippen LogP contribution is 2.39. The fourth-order valence-electron chi connectivity index (χ4n) is 1.95. The minimum absolute atomic E-state index is 0.336. The van der Waals surface area contributed by atoms with Gasteiger partial charge in [-0.05, 0) is 39.8 Å². The molecule has 1 aliphatic heterocycles. The zero-order valence-electron chi connectivity index (χ0n) is 11.5. The van der Waals surface area contributed by atoms with Crippen LogP contribution in [0.25, 0.3) is 0 Å². The fourth-order valence-corrected chi connectivity index (χ4v) is 2.11. The van der Waals surface area contributed by atoms with E-state index in [0.717, 1.165) is 0 Å². The highest BCUT2D eigenvalue weighted by atomic mass is 35.5. The smallest absolute Gasteiger partial charge is 0.402 e. The van der Waals surface area contributed by atoms with Crippen molar-refractivity contribution in [2.45, 2.75) is 44.8 Å². The average molecular weight is 286 g/mol. The summed E-state index contributed by atoms with van der Waals surface area (Å²) in [7, 11) is -0.680. The van der Waals surface area contributed by atoms with Gasteiger partial charge in [-0.2, -0.15) is 0 Å². The van der Waals surface area contributed by atoms with E-state index in [4.69, 9.17) is 26.6 Å². The van der Waals surface area contributed by atoms with Gasteiger partial charge >= 0.3 is 7.12 Å². The molecule has 0 unspecified atom stereocenters. The van der Waals surface area contributed by atoms with Gasteiger partial charge in [-0.25, -0.2) is 4.39 Å². The Morgan fingerprint density at radius 3 is 2.21 bits per heavy atom. The van der Waals surface area contributed by atoms with Crippen molar-refractivity contribution in [3.63, 3.8) is 0 Å². The van der Waals surface area contributed by atoms with Gasteiger partial charge in [-0.15, -0.1) is 0 Å². The predicted molar refractivity (Wildman–Crippen MR) is 74.4 cm³/mol. The first-order valence-corrected chi connectivity index (χ1v) is 6.58. The van der Waals surface area contributed by atoms with E-state index in [-0.39, 0.29) is 0 Å². The van der Waals surface area contributed by atoms with Gasteiger partial charge in [-0.1, -0.05) is 17.7 Å². The molecule has 0 spiro atoms. The van der Waals surface area contributed by atoms with Gasteiger partial charge in [0.2, 0.25) is 0 Å². The Hall–Kier alpha value is -0.615. The van der Waals surface area contributed by atoms with Gasteiger partial charge in [0.15, 0.2) is 0 Å². The van der Waals surface area contributed by atoms with Crippen LogP contribution in [0.5, 0.6) is 0 Å². The third-order valence-corrected chi connectivity index (χ3v) is 4.12. The van der Waals surface area contributed by atoms with Gasteiger partial charge in [0, 0.05) is 10.6 Å². The molecular weight excluding hydrogens is 267 g/mol. The highest BCUT2D eigenvalue weighted by Gasteiger charge is 2.53. The quantitative estimate of drug-likeness (QED) is 0.849. The van der Waals surface area contributed by atoms with Gasteiger partial charge in [0.25, 0.3) is 0 Å². The average Bonchev–Trinajstić information content (AvgIpc) is 2.47. The summed E-state index contributed by atoms with van der Waals surface area (Å²) in [5, 5.41) is 0.336.